The molecular weight excluding hydrogens is 281 g/mol. The smallest absolute Gasteiger partial charge is 0.238 e. The molecule has 0 spiro atoms. The zero-order chi connectivity index (χ0) is 14.0. The molecule has 20 heavy (non-hydrogen) atoms. The molecule has 1 heterocycles. The summed E-state index contributed by atoms with van der Waals surface area (Å²) in [6, 6.07) is 4.03. The van der Waals surface area contributed by atoms with Gasteiger partial charge in [-0.05, 0) is 36.5 Å². The third kappa shape index (κ3) is 1.40. The summed E-state index contributed by atoms with van der Waals surface area (Å²) >= 11 is 5.64. The second-order valence-corrected chi connectivity index (χ2v) is 6.02. The van der Waals surface area contributed by atoms with Gasteiger partial charge in [0.2, 0.25) is 11.8 Å². The molecule has 1 aromatic rings. The normalized spacial score (nSPS) is 34.2. The number of fused-ring (bicyclic) bond motifs is 5. The van der Waals surface area contributed by atoms with Gasteiger partial charge in [-0.1, -0.05) is 23.8 Å². The van der Waals surface area contributed by atoms with Crippen molar-refractivity contribution in [1.82, 2.24) is 0 Å². The molecule has 1 aliphatic heterocycles. The third-order valence-corrected chi connectivity index (χ3v) is 4.94. The fourth-order valence-corrected chi connectivity index (χ4v) is 3.90. The fourth-order valence-electron chi connectivity index (χ4n) is 3.78. The molecular formula is C15H11ClFNO2. The number of benzene rings is 1. The largest absolute Gasteiger partial charge is 0.274 e. The summed E-state index contributed by atoms with van der Waals surface area (Å²) in [7, 11) is 0. The van der Waals surface area contributed by atoms with Crippen LogP contribution in [0, 0.1) is 29.5 Å². The monoisotopic (exact) mass is 291 g/mol. The molecule has 4 unspecified atom stereocenters. The van der Waals surface area contributed by atoms with Crippen molar-refractivity contribution in [1.29, 1.82) is 0 Å². The van der Waals surface area contributed by atoms with Gasteiger partial charge in [-0.15, -0.1) is 0 Å². The molecule has 2 amide bonds. The Morgan fingerprint density at radius 2 is 1.70 bits per heavy atom. The number of imide groups is 1. The number of carbonyl (C=O) groups excluding carboxylic acids is 2. The standard InChI is InChI=1S/C15H11ClFNO2/c16-10-4-3-9(6-11(10)17)18-14(19)12-7-1-2-8(5-7)13(12)15(18)20/h1-4,6-8,12-13H,5H2. The minimum atomic E-state index is -0.622. The topological polar surface area (TPSA) is 37.4 Å². The zero-order valence-corrected chi connectivity index (χ0v) is 11.2. The van der Waals surface area contributed by atoms with Gasteiger partial charge in [0.15, 0.2) is 0 Å². The molecule has 4 rings (SSSR count). The predicted molar refractivity (Wildman–Crippen MR) is 71.6 cm³/mol. The van der Waals surface area contributed by atoms with Crippen LogP contribution in [-0.2, 0) is 9.59 Å². The van der Waals surface area contributed by atoms with Gasteiger partial charge in [-0.25, -0.2) is 9.29 Å². The number of amides is 2. The highest BCUT2D eigenvalue weighted by atomic mass is 35.5. The average Bonchev–Trinajstić information content (AvgIpc) is 3.08. The lowest BCUT2D eigenvalue weighted by Crippen LogP contribution is -2.32. The molecule has 3 aliphatic rings. The van der Waals surface area contributed by atoms with E-state index in [-0.39, 0.29) is 46.2 Å². The highest BCUT2D eigenvalue weighted by molar-refractivity contribution is 6.31. The average molecular weight is 292 g/mol. The van der Waals surface area contributed by atoms with Crippen LogP contribution in [0.15, 0.2) is 30.4 Å². The van der Waals surface area contributed by atoms with Crippen LogP contribution < -0.4 is 4.90 Å². The van der Waals surface area contributed by atoms with Crippen LogP contribution in [0.25, 0.3) is 0 Å². The van der Waals surface area contributed by atoms with Gasteiger partial charge in [0.05, 0.1) is 22.5 Å². The Kier molecular flexibility index (Phi) is 2.37. The SMILES string of the molecule is O=C1C2C3C=CC(C3)C2C(=O)N1c1ccc(Cl)c(F)c1. The zero-order valence-electron chi connectivity index (χ0n) is 10.4. The van der Waals surface area contributed by atoms with E-state index in [1.54, 1.807) is 0 Å². The Balaban J connectivity index is 1.76. The van der Waals surface area contributed by atoms with Gasteiger partial charge < -0.3 is 0 Å². The maximum Gasteiger partial charge on any atom is 0.238 e. The molecule has 2 aliphatic carbocycles. The van der Waals surface area contributed by atoms with Crippen molar-refractivity contribution in [3.05, 3.63) is 41.2 Å². The lowest BCUT2D eigenvalue weighted by atomic mass is 9.85. The van der Waals surface area contributed by atoms with Gasteiger partial charge >= 0.3 is 0 Å². The van der Waals surface area contributed by atoms with Gasteiger partial charge in [0.1, 0.15) is 5.82 Å². The Bertz CT molecular complexity index is 642. The summed E-state index contributed by atoms with van der Waals surface area (Å²) < 4.78 is 13.5. The van der Waals surface area contributed by atoms with Crippen LogP contribution in [0.3, 0.4) is 0 Å². The number of hydrogen-bond donors (Lipinski definition) is 0. The predicted octanol–water partition coefficient (Wildman–Crippen LogP) is 2.79. The second-order valence-electron chi connectivity index (χ2n) is 5.61. The van der Waals surface area contributed by atoms with Crippen molar-refractivity contribution in [3.8, 4) is 0 Å². The van der Waals surface area contributed by atoms with Crippen molar-refractivity contribution in [3.63, 3.8) is 0 Å². The van der Waals surface area contributed by atoms with E-state index in [4.69, 9.17) is 11.6 Å². The highest BCUT2D eigenvalue weighted by Gasteiger charge is 2.59. The van der Waals surface area contributed by atoms with Gasteiger partial charge in [0.25, 0.3) is 0 Å². The van der Waals surface area contributed by atoms with E-state index >= 15 is 0 Å². The van der Waals surface area contributed by atoms with Crippen LogP contribution in [0.2, 0.25) is 5.02 Å². The molecule has 0 N–H and O–H groups in total. The second kappa shape index (κ2) is 3.92. The number of anilines is 1. The number of halogens is 2. The molecule has 2 fully saturated rings. The van der Waals surface area contributed by atoms with Crippen molar-refractivity contribution in [2.24, 2.45) is 23.7 Å². The summed E-state index contributed by atoms with van der Waals surface area (Å²) in [6.07, 6.45) is 4.95. The summed E-state index contributed by atoms with van der Waals surface area (Å²) in [4.78, 5) is 26.1. The first kappa shape index (κ1) is 12.1. The van der Waals surface area contributed by atoms with E-state index in [0.29, 0.717) is 0 Å². The van der Waals surface area contributed by atoms with Gasteiger partial charge in [-0.2, -0.15) is 0 Å². The van der Waals surface area contributed by atoms with E-state index in [9.17, 15) is 14.0 Å². The molecule has 4 atom stereocenters. The molecule has 1 saturated heterocycles. The first-order chi connectivity index (χ1) is 9.58. The molecule has 1 saturated carbocycles. The maximum atomic E-state index is 13.5. The maximum absolute atomic E-state index is 13.5. The van der Waals surface area contributed by atoms with E-state index in [2.05, 4.69) is 0 Å². The summed E-state index contributed by atoms with van der Waals surface area (Å²) in [5.41, 5.74) is 0.274. The summed E-state index contributed by atoms with van der Waals surface area (Å²) in [5, 5.41) is -0.0187. The highest BCUT2D eigenvalue weighted by Crippen LogP contribution is 2.53. The van der Waals surface area contributed by atoms with Crippen LogP contribution in [-0.4, -0.2) is 11.8 Å². The minimum Gasteiger partial charge on any atom is -0.274 e. The first-order valence-electron chi connectivity index (χ1n) is 6.59. The first-order valence-corrected chi connectivity index (χ1v) is 6.97. The Morgan fingerprint density at radius 1 is 1.10 bits per heavy atom. The number of rotatable bonds is 1. The lowest BCUT2D eigenvalue weighted by Gasteiger charge is -2.17. The molecule has 1 aromatic carbocycles. The number of nitrogens with zero attached hydrogens (tertiary/aromatic N) is 1. The van der Waals surface area contributed by atoms with Gasteiger partial charge in [0, 0.05) is 0 Å². The lowest BCUT2D eigenvalue weighted by molar-refractivity contribution is -0.123. The summed E-state index contributed by atoms with van der Waals surface area (Å²) in [5.74, 6) is -1.26. The fraction of sp³-hybridized carbons (Fsp3) is 0.333. The van der Waals surface area contributed by atoms with E-state index in [0.717, 1.165) is 17.4 Å². The van der Waals surface area contributed by atoms with Crippen molar-refractivity contribution < 1.29 is 14.0 Å². The van der Waals surface area contributed by atoms with Gasteiger partial charge in [-0.3, -0.25) is 9.59 Å². The van der Waals surface area contributed by atoms with Crippen molar-refractivity contribution in [2.45, 2.75) is 6.42 Å². The van der Waals surface area contributed by atoms with E-state index in [1.807, 2.05) is 12.2 Å². The Labute approximate surface area is 120 Å². The molecule has 2 bridgehead atoms. The Morgan fingerprint density at radius 3 is 2.25 bits per heavy atom. The van der Waals surface area contributed by atoms with Crippen LogP contribution >= 0.6 is 11.6 Å². The van der Waals surface area contributed by atoms with Crippen molar-refractivity contribution >= 4 is 29.1 Å². The molecule has 0 aromatic heterocycles. The van der Waals surface area contributed by atoms with Crippen LogP contribution in [0.4, 0.5) is 10.1 Å². The van der Waals surface area contributed by atoms with Crippen LogP contribution in [0.1, 0.15) is 6.42 Å². The number of allylic oxidation sites excluding steroid dienone is 2. The quantitative estimate of drug-likeness (QED) is 0.589. The number of carbonyl (C=O) groups is 2. The molecule has 102 valence electrons. The van der Waals surface area contributed by atoms with E-state index in [1.165, 1.54) is 12.1 Å². The molecule has 5 heteroatoms. The Hall–Kier alpha value is -1.68. The van der Waals surface area contributed by atoms with E-state index < -0.39 is 5.82 Å². The molecule has 3 nitrogen and oxygen atoms in total. The molecule has 0 radical (unpaired) electrons. The van der Waals surface area contributed by atoms with Crippen LogP contribution in [0.5, 0.6) is 0 Å². The third-order valence-electron chi connectivity index (χ3n) is 4.63. The minimum absolute atomic E-state index is 0.0187. The van der Waals surface area contributed by atoms with Crippen molar-refractivity contribution in [2.75, 3.05) is 4.90 Å². The summed E-state index contributed by atoms with van der Waals surface area (Å²) in [6.45, 7) is 0. The number of hydrogen-bond acceptors (Lipinski definition) is 2.